The zero-order valence-electron chi connectivity index (χ0n) is 8.40. The first-order valence-corrected chi connectivity index (χ1v) is 5.02. The second-order valence-electron chi connectivity index (χ2n) is 3.46. The van der Waals surface area contributed by atoms with Crippen molar-refractivity contribution < 1.29 is 9.47 Å². The van der Waals surface area contributed by atoms with Crippen molar-refractivity contribution in [2.45, 2.75) is 25.4 Å². The van der Waals surface area contributed by atoms with Crippen molar-refractivity contribution in [2.75, 3.05) is 7.11 Å². The molecule has 1 radical (unpaired) electrons. The second-order valence-corrected chi connectivity index (χ2v) is 3.46. The molecule has 14 heavy (non-hydrogen) atoms. The van der Waals surface area contributed by atoms with Crippen LogP contribution in [0.2, 0.25) is 0 Å². The zero-order chi connectivity index (χ0) is 9.80. The van der Waals surface area contributed by atoms with E-state index in [1.807, 2.05) is 24.8 Å². The molecule has 2 heteroatoms. The van der Waals surface area contributed by atoms with E-state index in [2.05, 4.69) is 6.07 Å². The highest BCUT2D eigenvalue weighted by atomic mass is 16.5. The van der Waals surface area contributed by atoms with E-state index in [4.69, 9.17) is 9.47 Å². The standard InChI is InChI=1S/C12H15O2/c1-13-11-7-3-2-6-10(11)12-8-4-5-9-14-12/h2-3,6-7,9,12H,4-5,8H2,1H3/t12-/m1/s1. The number of para-hydroxylation sites is 1. The van der Waals surface area contributed by atoms with Crippen molar-refractivity contribution in [1.82, 2.24) is 0 Å². The summed E-state index contributed by atoms with van der Waals surface area (Å²) < 4.78 is 10.9. The highest BCUT2D eigenvalue weighted by molar-refractivity contribution is 5.35. The van der Waals surface area contributed by atoms with Gasteiger partial charge in [0.2, 0.25) is 0 Å². The van der Waals surface area contributed by atoms with Crippen LogP contribution >= 0.6 is 0 Å². The summed E-state index contributed by atoms with van der Waals surface area (Å²) in [5, 5.41) is 0. The normalized spacial score (nSPS) is 21.9. The molecule has 0 aliphatic carbocycles. The lowest BCUT2D eigenvalue weighted by Crippen LogP contribution is -2.09. The SMILES string of the molecule is COc1ccccc1[C@H]1CCC[CH]O1. The van der Waals surface area contributed by atoms with E-state index >= 15 is 0 Å². The van der Waals surface area contributed by atoms with Gasteiger partial charge in [-0.2, -0.15) is 0 Å². The summed E-state index contributed by atoms with van der Waals surface area (Å²) in [4.78, 5) is 0. The van der Waals surface area contributed by atoms with Gasteiger partial charge in [-0.15, -0.1) is 0 Å². The number of hydrogen-bond acceptors (Lipinski definition) is 2. The zero-order valence-corrected chi connectivity index (χ0v) is 8.40. The van der Waals surface area contributed by atoms with Gasteiger partial charge in [-0.25, -0.2) is 0 Å². The van der Waals surface area contributed by atoms with Crippen molar-refractivity contribution in [3.05, 3.63) is 36.4 Å². The molecular formula is C12H15O2. The van der Waals surface area contributed by atoms with E-state index in [0.717, 1.165) is 24.2 Å². The molecule has 1 aliphatic rings. The lowest BCUT2D eigenvalue weighted by molar-refractivity contribution is 0.0622. The van der Waals surface area contributed by atoms with Crippen LogP contribution in [0.3, 0.4) is 0 Å². The van der Waals surface area contributed by atoms with Gasteiger partial charge in [0.1, 0.15) is 5.75 Å². The monoisotopic (exact) mass is 191 g/mol. The lowest BCUT2D eigenvalue weighted by Gasteiger charge is -2.23. The maximum absolute atomic E-state index is 5.60. The number of benzene rings is 1. The van der Waals surface area contributed by atoms with Gasteiger partial charge in [0.05, 0.1) is 19.8 Å². The summed E-state index contributed by atoms with van der Waals surface area (Å²) in [6.45, 7) is 1.90. The first-order chi connectivity index (χ1) is 6.92. The van der Waals surface area contributed by atoms with Crippen molar-refractivity contribution in [2.24, 2.45) is 0 Å². The Morgan fingerprint density at radius 3 is 2.93 bits per heavy atom. The summed E-state index contributed by atoms with van der Waals surface area (Å²) in [5.41, 5.74) is 1.16. The molecule has 1 saturated heterocycles. The molecule has 0 amide bonds. The van der Waals surface area contributed by atoms with Crippen LogP contribution in [0, 0.1) is 6.61 Å². The van der Waals surface area contributed by atoms with E-state index in [9.17, 15) is 0 Å². The Morgan fingerprint density at radius 2 is 2.21 bits per heavy atom. The van der Waals surface area contributed by atoms with Crippen molar-refractivity contribution in [3.63, 3.8) is 0 Å². The molecule has 1 aromatic rings. The van der Waals surface area contributed by atoms with Crippen LogP contribution in [0.15, 0.2) is 24.3 Å². The Labute approximate surface area is 84.8 Å². The summed E-state index contributed by atoms with van der Waals surface area (Å²) in [6.07, 6.45) is 3.52. The molecule has 1 aliphatic heterocycles. The minimum Gasteiger partial charge on any atom is -0.496 e. The lowest BCUT2D eigenvalue weighted by atomic mass is 10.0. The van der Waals surface area contributed by atoms with Crippen LogP contribution in [0.25, 0.3) is 0 Å². The number of methoxy groups -OCH3 is 1. The van der Waals surface area contributed by atoms with Crippen molar-refractivity contribution in [1.29, 1.82) is 0 Å². The van der Waals surface area contributed by atoms with Gasteiger partial charge >= 0.3 is 0 Å². The molecule has 1 heterocycles. The maximum Gasteiger partial charge on any atom is 0.124 e. The first-order valence-electron chi connectivity index (χ1n) is 5.02. The smallest absolute Gasteiger partial charge is 0.124 e. The van der Waals surface area contributed by atoms with E-state index in [1.165, 1.54) is 6.42 Å². The molecule has 0 spiro atoms. The molecule has 2 nitrogen and oxygen atoms in total. The minimum absolute atomic E-state index is 0.180. The molecule has 1 fully saturated rings. The van der Waals surface area contributed by atoms with Crippen LogP contribution in [-0.4, -0.2) is 7.11 Å². The van der Waals surface area contributed by atoms with Gasteiger partial charge in [-0.05, 0) is 25.3 Å². The van der Waals surface area contributed by atoms with Gasteiger partial charge < -0.3 is 9.47 Å². The Morgan fingerprint density at radius 1 is 1.36 bits per heavy atom. The highest BCUT2D eigenvalue weighted by Crippen LogP contribution is 2.34. The Bertz CT molecular complexity index is 290. The Balaban J connectivity index is 2.20. The van der Waals surface area contributed by atoms with Gasteiger partial charge in [-0.3, -0.25) is 0 Å². The van der Waals surface area contributed by atoms with Gasteiger partial charge in [0.15, 0.2) is 0 Å². The minimum atomic E-state index is 0.180. The molecule has 0 N–H and O–H groups in total. The molecule has 1 aromatic carbocycles. The van der Waals surface area contributed by atoms with Crippen molar-refractivity contribution in [3.8, 4) is 5.75 Å². The van der Waals surface area contributed by atoms with Crippen LogP contribution < -0.4 is 4.74 Å². The predicted octanol–water partition coefficient (Wildman–Crippen LogP) is 3.10. The Hall–Kier alpha value is -1.02. The largest absolute Gasteiger partial charge is 0.496 e. The average Bonchev–Trinajstić information content (AvgIpc) is 2.30. The summed E-state index contributed by atoms with van der Waals surface area (Å²) in [7, 11) is 1.70. The Kier molecular flexibility index (Phi) is 3.04. The molecule has 75 valence electrons. The molecule has 0 aromatic heterocycles. The topological polar surface area (TPSA) is 18.5 Å². The summed E-state index contributed by atoms with van der Waals surface area (Å²) in [6, 6.07) is 8.06. The molecule has 0 saturated carbocycles. The van der Waals surface area contributed by atoms with Crippen LogP contribution in [-0.2, 0) is 4.74 Å². The fraction of sp³-hybridized carbons (Fsp3) is 0.417. The van der Waals surface area contributed by atoms with Gasteiger partial charge in [0, 0.05) is 5.56 Å². The van der Waals surface area contributed by atoms with E-state index < -0.39 is 0 Å². The summed E-state index contributed by atoms with van der Waals surface area (Å²) in [5.74, 6) is 0.924. The molecule has 0 unspecified atom stereocenters. The highest BCUT2D eigenvalue weighted by Gasteiger charge is 2.19. The second kappa shape index (κ2) is 4.47. The van der Waals surface area contributed by atoms with Crippen LogP contribution in [0.1, 0.15) is 30.9 Å². The molecule has 0 bridgehead atoms. The predicted molar refractivity (Wildman–Crippen MR) is 55.0 cm³/mol. The molecule has 2 rings (SSSR count). The third kappa shape index (κ3) is 1.90. The van der Waals surface area contributed by atoms with E-state index in [0.29, 0.717) is 0 Å². The average molecular weight is 191 g/mol. The van der Waals surface area contributed by atoms with E-state index in [1.54, 1.807) is 7.11 Å². The molecule has 1 atom stereocenters. The fourth-order valence-corrected chi connectivity index (χ4v) is 1.80. The third-order valence-electron chi connectivity index (χ3n) is 2.53. The number of rotatable bonds is 2. The number of ether oxygens (including phenoxy) is 2. The maximum atomic E-state index is 5.60. The van der Waals surface area contributed by atoms with Gasteiger partial charge in [-0.1, -0.05) is 18.2 Å². The number of hydrogen-bond donors (Lipinski definition) is 0. The van der Waals surface area contributed by atoms with Crippen LogP contribution in [0.4, 0.5) is 0 Å². The van der Waals surface area contributed by atoms with Gasteiger partial charge in [0.25, 0.3) is 0 Å². The fourth-order valence-electron chi connectivity index (χ4n) is 1.80. The summed E-state index contributed by atoms with van der Waals surface area (Å²) >= 11 is 0. The quantitative estimate of drug-likeness (QED) is 0.715. The third-order valence-corrected chi connectivity index (χ3v) is 2.53. The molecular weight excluding hydrogens is 176 g/mol. The van der Waals surface area contributed by atoms with E-state index in [-0.39, 0.29) is 6.10 Å². The van der Waals surface area contributed by atoms with Crippen molar-refractivity contribution >= 4 is 0 Å². The van der Waals surface area contributed by atoms with Crippen LogP contribution in [0.5, 0.6) is 5.75 Å². The first kappa shape index (κ1) is 9.53.